The Kier molecular flexibility index (Phi) is 5.45. The predicted molar refractivity (Wildman–Crippen MR) is 40.3 cm³/mol. The monoisotopic (exact) mass is 199 g/mol. The average Bonchev–Trinajstić information content (AvgIpc) is 1.87. The minimum absolute atomic E-state index is 0.0522. The molecule has 6 heteroatoms. The highest BCUT2D eigenvalue weighted by Gasteiger charge is 2.09. The van der Waals surface area contributed by atoms with E-state index in [0.717, 1.165) is 0 Å². The summed E-state index contributed by atoms with van der Waals surface area (Å²) in [5.41, 5.74) is 0. The van der Waals surface area contributed by atoms with Gasteiger partial charge in [0.05, 0.1) is 0 Å². The molecule has 0 spiro atoms. The molecule has 11 heavy (non-hydrogen) atoms. The van der Waals surface area contributed by atoms with Crippen molar-refractivity contribution in [2.75, 3.05) is 5.88 Å². The number of carboxylic acids is 1. The molecule has 0 aliphatic heterocycles. The summed E-state index contributed by atoms with van der Waals surface area (Å²) in [5, 5.41) is 7.45. The van der Waals surface area contributed by atoms with Crippen molar-refractivity contribution in [1.82, 2.24) is 0 Å². The van der Waals surface area contributed by atoms with Crippen LogP contribution in [0, 0.1) is 0 Å². The first-order valence-corrected chi connectivity index (χ1v) is 4.61. The van der Waals surface area contributed by atoms with Gasteiger partial charge in [0.1, 0.15) is 0 Å². The van der Waals surface area contributed by atoms with Crippen molar-refractivity contribution in [3.8, 4) is 0 Å². The van der Waals surface area contributed by atoms with Crippen molar-refractivity contribution >= 4 is 28.7 Å². The second-order valence-electron chi connectivity index (χ2n) is 1.97. The van der Waals surface area contributed by atoms with Crippen LogP contribution in [0.5, 0.6) is 0 Å². The van der Waals surface area contributed by atoms with Crippen LogP contribution < -0.4 is 0 Å². The molecule has 66 valence electrons. The van der Waals surface area contributed by atoms with Gasteiger partial charge in [-0.1, -0.05) is 11.1 Å². The van der Waals surface area contributed by atoms with Crippen LogP contribution in [-0.4, -0.2) is 31.0 Å². The zero-order valence-corrected chi connectivity index (χ0v) is 7.23. The van der Waals surface area contributed by atoms with E-state index >= 15 is 0 Å². The molecule has 0 aromatic rings. The highest BCUT2D eigenvalue weighted by molar-refractivity contribution is 7.79. The fourth-order valence-corrected chi connectivity index (χ4v) is 1.39. The molecule has 1 N–H and O–H groups in total. The summed E-state index contributed by atoms with van der Waals surface area (Å²) in [7, 11) is 0. The highest BCUT2D eigenvalue weighted by atomic mass is 35.5. The van der Waals surface area contributed by atoms with Gasteiger partial charge in [0.15, 0.2) is 0 Å². The van der Waals surface area contributed by atoms with Crippen LogP contribution in [0.4, 0.5) is 0 Å². The Hall–Kier alpha value is -0.130. The molecule has 4 nitrogen and oxygen atoms in total. The number of carbonyl (C=O) groups is 1. The maximum absolute atomic E-state index is 10.3. The Morgan fingerprint density at radius 3 is 2.55 bits per heavy atom. The van der Waals surface area contributed by atoms with E-state index in [9.17, 15) is 13.6 Å². The quantitative estimate of drug-likeness (QED) is 0.512. The van der Waals surface area contributed by atoms with Gasteiger partial charge in [-0.2, -0.15) is 0 Å². The molecule has 0 fully saturated rings. The number of hydrogen-bond donors (Lipinski definition) is 1. The van der Waals surface area contributed by atoms with E-state index in [1.165, 1.54) is 0 Å². The zero-order valence-electron chi connectivity index (χ0n) is 5.66. The lowest BCUT2D eigenvalue weighted by atomic mass is 10.2. The molecule has 2 unspecified atom stereocenters. The van der Waals surface area contributed by atoms with E-state index in [1.807, 2.05) is 0 Å². The summed E-state index contributed by atoms with van der Waals surface area (Å²) in [6, 6.07) is 0. The average molecular weight is 200 g/mol. The fraction of sp³-hybridized carbons (Fsp3) is 0.800. The Balaban J connectivity index is 3.70. The van der Waals surface area contributed by atoms with Crippen molar-refractivity contribution in [2.24, 2.45) is 0 Å². The zero-order chi connectivity index (χ0) is 8.85. The van der Waals surface area contributed by atoms with Crippen LogP contribution in [0.25, 0.3) is 0 Å². The van der Waals surface area contributed by atoms with E-state index in [-0.39, 0.29) is 18.7 Å². The third kappa shape index (κ3) is 5.17. The molecular formula is C5H8ClO4S-. The van der Waals surface area contributed by atoms with Gasteiger partial charge in [-0.05, 0) is 6.42 Å². The summed E-state index contributed by atoms with van der Waals surface area (Å²) in [4.78, 5) is 10.00. The van der Waals surface area contributed by atoms with Crippen LogP contribution in [0.2, 0.25) is 0 Å². The summed E-state index contributed by atoms with van der Waals surface area (Å²) in [5.74, 6) is -1.06. The molecule has 0 aromatic heterocycles. The number of rotatable bonds is 5. The number of alkyl halides is 1. The first kappa shape index (κ1) is 10.9. The van der Waals surface area contributed by atoms with Gasteiger partial charge >= 0.3 is 5.97 Å². The van der Waals surface area contributed by atoms with Crippen LogP contribution in [-0.2, 0) is 15.9 Å². The lowest BCUT2D eigenvalue weighted by Gasteiger charge is -2.14. The van der Waals surface area contributed by atoms with Crippen molar-refractivity contribution in [1.29, 1.82) is 0 Å². The summed E-state index contributed by atoms with van der Waals surface area (Å²) < 4.78 is 20.5. The molecule has 0 radical (unpaired) electrons. The minimum Gasteiger partial charge on any atom is -0.772 e. The van der Waals surface area contributed by atoms with Gasteiger partial charge in [-0.3, -0.25) is 9.00 Å². The van der Waals surface area contributed by atoms with Gasteiger partial charge in [0, 0.05) is 17.6 Å². The van der Waals surface area contributed by atoms with Crippen LogP contribution in [0.15, 0.2) is 0 Å². The lowest BCUT2D eigenvalue weighted by Crippen LogP contribution is -2.17. The van der Waals surface area contributed by atoms with E-state index < -0.39 is 22.3 Å². The topological polar surface area (TPSA) is 77.4 Å². The summed E-state index contributed by atoms with van der Waals surface area (Å²) >= 11 is 2.99. The van der Waals surface area contributed by atoms with E-state index in [2.05, 4.69) is 0 Å². The van der Waals surface area contributed by atoms with Gasteiger partial charge in [-0.25, -0.2) is 0 Å². The normalized spacial score (nSPS) is 15.8. The standard InChI is InChI=1S/C5H9ClO4S/c6-3-4(11(9)10)1-2-5(7)8/h4H,1-3H2,(H,7,8)(H,9,10)/p-1. The van der Waals surface area contributed by atoms with Crippen molar-refractivity contribution in [2.45, 2.75) is 18.1 Å². The number of halogens is 1. The van der Waals surface area contributed by atoms with E-state index in [0.29, 0.717) is 0 Å². The first-order valence-electron chi connectivity index (χ1n) is 2.93. The van der Waals surface area contributed by atoms with Crippen molar-refractivity contribution in [3.05, 3.63) is 0 Å². The number of aliphatic carboxylic acids is 1. The Morgan fingerprint density at radius 2 is 2.27 bits per heavy atom. The molecule has 0 aliphatic carbocycles. The predicted octanol–water partition coefficient (Wildman–Crippen LogP) is 0.338. The smallest absolute Gasteiger partial charge is 0.303 e. The first-order chi connectivity index (χ1) is 5.07. The number of hydrogen-bond acceptors (Lipinski definition) is 3. The Labute approximate surface area is 71.8 Å². The number of carboxylic acid groups (broad SMARTS) is 1. The minimum atomic E-state index is -2.27. The van der Waals surface area contributed by atoms with Gasteiger partial charge < -0.3 is 9.66 Å². The van der Waals surface area contributed by atoms with Crippen LogP contribution >= 0.6 is 11.6 Å². The lowest BCUT2D eigenvalue weighted by molar-refractivity contribution is -0.137. The largest absolute Gasteiger partial charge is 0.772 e. The summed E-state index contributed by atoms with van der Waals surface area (Å²) in [6.45, 7) is 0. The third-order valence-electron chi connectivity index (χ3n) is 1.12. The Morgan fingerprint density at radius 1 is 1.73 bits per heavy atom. The maximum Gasteiger partial charge on any atom is 0.303 e. The van der Waals surface area contributed by atoms with Crippen molar-refractivity contribution < 1.29 is 18.7 Å². The SMILES string of the molecule is O=C(O)CCC(CCl)S(=O)[O-]. The molecule has 0 saturated heterocycles. The third-order valence-corrected chi connectivity index (χ3v) is 2.63. The molecule has 0 aromatic carbocycles. The molecular weight excluding hydrogens is 192 g/mol. The van der Waals surface area contributed by atoms with Crippen molar-refractivity contribution in [3.63, 3.8) is 0 Å². The van der Waals surface area contributed by atoms with E-state index in [4.69, 9.17) is 16.7 Å². The second kappa shape index (κ2) is 5.51. The molecule has 0 saturated carbocycles. The molecule has 0 rings (SSSR count). The molecule has 0 heterocycles. The van der Waals surface area contributed by atoms with Gasteiger partial charge in [0.25, 0.3) is 0 Å². The summed E-state index contributed by atoms with van der Waals surface area (Å²) in [6.07, 6.45) is -0.0830. The van der Waals surface area contributed by atoms with Gasteiger partial charge in [0.2, 0.25) is 0 Å². The molecule has 0 amide bonds. The van der Waals surface area contributed by atoms with E-state index in [1.54, 1.807) is 0 Å². The van der Waals surface area contributed by atoms with Crippen LogP contribution in [0.1, 0.15) is 12.8 Å². The van der Waals surface area contributed by atoms with Crippen LogP contribution in [0.3, 0.4) is 0 Å². The highest BCUT2D eigenvalue weighted by Crippen LogP contribution is 2.05. The molecule has 0 aliphatic rings. The second-order valence-corrected chi connectivity index (χ2v) is 3.47. The fourth-order valence-electron chi connectivity index (χ4n) is 0.509. The molecule has 2 atom stereocenters. The Bertz CT molecular complexity index is 161. The van der Waals surface area contributed by atoms with Gasteiger partial charge in [-0.15, -0.1) is 11.6 Å². The maximum atomic E-state index is 10.3. The molecule has 0 bridgehead atoms.